The van der Waals surface area contributed by atoms with E-state index in [0.29, 0.717) is 5.56 Å². The molecule has 0 saturated carbocycles. The fourth-order valence-corrected chi connectivity index (χ4v) is 1.81. The number of urea groups is 1. The summed E-state index contributed by atoms with van der Waals surface area (Å²) in [6.07, 6.45) is -4.91. The van der Waals surface area contributed by atoms with Crippen LogP contribution in [0.25, 0.3) is 0 Å². The number of carboxylic acids is 1. The van der Waals surface area contributed by atoms with Crippen molar-refractivity contribution in [3.8, 4) is 0 Å². The van der Waals surface area contributed by atoms with Gasteiger partial charge in [0.05, 0.1) is 6.54 Å². The van der Waals surface area contributed by atoms with Gasteiger partial charge in [-0.15, -0.1) is 0 Å². The molecule has 2 unspecified atom stereocenters. The summed E-state index contributed by atoms with van der Waals surface area (Å²) < 4.78 is 39.0. The summed E-state index contributed by atoms with van der Waals surface area (Å²) in [5.74, 6) is -1.60. The molecule has 1 aromatic carbocycles. The number of nitrogens with one attached hydrogen (secondary N) is 2. The van der Waals surface area contributed by atoms with Gasteiger partial charge in [-0.05, 0) is 25.3 Å². The van der Waals surface area contributed by atoms with Crippen LogP contribution >= 0.6 is 0 Å². The molecular formula is C15H19F3N2O4. The zero-order valence-corrected chi connectivity index (χ0v) is 12.9. The summed E-state index contributed by atoms with van der Waals surface area (Å²) in [6, 6.07) is 5.21. The lowest BCUT2D eigenvalue weighted by Crippen LogP contribution is -2.53. The Bertz CT molecular complexity index is 562. The predicted octanol–water partition coefficient (Wildman–Crippen LogP) is 1.68. The van der Waals surface area contributed by atoms with Crippen LogP contribution in [-0.4, -0.2) is 46.6 Å². The first kappa shape index (κ1) is 19.8. The van der Waals surface area contributed by atoms with Crippen molar-refractivity contribution in [2.75, 3.05) is 6.54 Å². The smallest absolute Gasteiger partial charge is 0.408 e. The SMILES string of the molecule is CC(O)(CNC(=O)NC(CCc1ccccc1)C(F)(F)F)C(=O)O. The molecule has 1 aromatic rings. The Morgan fingerprint density at radius 2 is 1.79 bits per heavy atom. The van der Waals surface area contributed by atoms with Crippen molar-refractivity contribution < 1.29 is 33.0 Å². The maximum absolute atomic E-state index is 13.0. The average Bonchev–Trinajstić information content (AvgIpc) is 2.49. The lowest BCUT2D eigenvalue weighted by molar-refractivity contribution is -0.157. The quantitative estimate of drug-likeness (QED) is 0.603. The van der Waals surface area contributed by atoms with E-state index in [1.165, 1.54) is 0 Å². The molecule has 2 amide bonds. The van der Waals surface area contributed by atoms with Gasteiger partial charge in [0.2, 0.25) is 0 Å². The second-order valence-electron chi connectivity index (χ2n) is 5.52. The van der Waals surface area contributed by atoms with E-state index in [4.69, 9.17) is 5.11 Å². The van der Waals surface area contributed by atoms with Crippen LogP contribution in [-0.2, 0) is 11.2 Å². The number of hydrogen-bond donors (Lipinski definition) is 4. The monoisotopic (exact) mass is 348 g/mol. The molecule has 0 aliphatic heterocycles. The predicted molar refractivity (Wildman–Crippen MR) is 79.4 cm³/mol. The summed E-state index contributed by atoms with van der Waals surface area (Å²) in [5.41, 5.74) is -1.57. The Balaban J connectivity index is 2.60. The van der Waals surface area contributed by atoms with E-state index in [0.717, 1.165) is 6.92 Å². The zero-order chi connectivity index (χ0) is 18.4. The minimum absolute atomic E-state index is 0.109. The van der Waals surface area contributed by atoms with Gasteiger partial charge in [-0.1, -0.05) is 30.3 Å². The van der Waals surface area contributed by atoms with Crippen molar-refractivity contribution in [3.63, 3.8) is 0 Å². The van der Waals surface area contributed by atoms with Crippen LogP contribution in [0.5, 0.6) is 0 Å². The molecule has 0 radical (unpaired) electrons. The lowest BCUT2D eigenvalue weighted by Gasteiger charge is -2.23. The van der Waals surface area contributed by atoms with Gasteiger partial charge in [0, 0.05) is 0 Å². The number of benzene rings is 1. The van der Waals surface area contributed by atoms with Gasteiger partial charge in [-0.3, -0.25) is 0 Å². The van der Waals surface area contributed by atoms with Crippen molar-refractivity contribution in [2.24, 2.45) is 0 Å². The van der Waals surface area contributed by atoms with E-state index in [2.05, 4.69) is 0 Å². The van der Waals surface area contributed by atoms with Crippen molar-refractivity contribution in [2.45, 2.75) is 37.6 Å². The molecular weight excluding hydrogens is 329 g/mol. The number of halogens is 3. The summed E-state index contributed by atoms with van der Waals surface area (Å²) in [5, 5.41) is 21.8. The van der Waals surface area contributed by atoms with Crippen molar-refractivity contribution in [3.05, 3.63) is 35.9 Å². The molecule has 2 atom stereocenters. The number of aliphatic carboxylic acids is 1. The summed E-state index contributed by atoms with van der Waals surface area (Å²) in [6.45, 7) is 0.198. The van der Waals surface area contributed by atoms with E-state index >= 15 is 0 Å². The number of amides is 2. The standard InChI is InChI=1S/C15H19F3N2O4/c1-14(24,12(21)22)9-19-13(23)20-11(15(16,17)18)8-7-10-5-3-2-4-6-10/h2-6,11,24H,7-9H2,1H3,(H,21,22)(H2,19,20,23). The Kier molecular flexibility index (Phi) is 6.59. The van der Waals surface area contributed by atoms with E-state index in [1.54, 1.807) is 35.6 Å². The molecule has 9 heteroatoms. The van der Waals surface area contributed by atoms with Crippen LogP contribution in [0.1, 0.15) is 18.9 Å². The molecule has 4 N–H and O–H groups in total. The summed E-state index contributed by atoms with van der Waals surface area (Å²) in [4.78, 5) is 22.2. The Labute approximate surface area is 136 Å². The molecule has 0 bridgehead atoms. The first-order valence-electron chi connectivity index (χ1n) is 7.13. The third-order valence-electron chi connectivity index (χ3n) is 3.32. The lowest BCUT2D eigenvalue weighted by atomic mass is 10.0. The Morgan fingerprint density at radius 1 is 1.21 bits per heavy atom. The number of carboxylic acid groups (broad SMARTS) is 1. The van der Waals surface area contributed by atoms with Crippen LogP contribution < -0.4 is 10.6 Å². The Morgan fingerprint density at radius 3 is 2.29 bits per heavy atom. The third-order valence-corrected chi connectivity index (χ3v) is 3.32. The number of aliphatic hydroxyl groups is 1. The highest BCUT2D eigenvalue weighted by Crippen LogP contribution is 2.23. The number of carbonyl (C=O) groups excluding carboxylic acids is 1. The first-order chi connectivity index (χ1) is 11.0. The van der Waals surface area contributed by atoms with E-state index < -0.39 is 36.4 Å². The molecule has 24 heavy (non-hydrogen) atoms. The Hall–Kier alpha value is -2.29. The number of alkyl halides is 3. The largest absolute Gasteiger partial charge is 0.479 e. The van der Waals surface area contributed by atoms with Gasteiger partial charge in [-0.25, -0.2) is 9.59 Å². The topological polar surface area (TPSA) is 98.7 Å². The van der Waals surface area contributed by atoms with Crippen LogP contribution in [0.15, 0.2) is 30.3 Å². The third kappa shape index (κ3) is 6.45. The molecule has 0 fully saturated rings. The highest BCUT2D eigenvalue weighted by Gasteiger charge is 2.40. The van der Waals surface area contributed by atoms with E-state index in [-0.39, 0.29) is 12.8 Å². The molecule has 0 saturated heterocycles. The van der Waals surface area contributed by atoms with Gasteiger partial charge in [0.25, 0.3) is 0 Å². The van der Waals surface area contributed by atoms with Gasteiger partial charge in [-0.2, -0.15) is 13.2 Å². The maximum atomic E-state index is 13.0. The molecule has 0 heterocycles. The van der Waals surface area contributed by atoms with Gasteiger partial charge in [0.1, 0.15) is 6.04 Å². The van der Waals surface area contributed by atoms with Gasteiger partial charge >= 0.3 is 18.2 Å². The number of aryl methyl sites for hydroxylation is 1. The normalized spacial score (nSPS) is 15.2. The van der Waals surface area contributed by atoms with Crippen LogP contribution in [0, 0.1) is 0 Å². The number of rotatable bonds is 7. The first-order valence-corrected chi connectivity index (χ1v) is 7.13. The molecule has 0 aromatic heterocycles. The molecule has 0 aliphatic carbocycles. The van der Waals surface area contributed by atoms with Crippen LogP contribution in [0.4, 0.5) is 18.0 Å². The van der Waals surface area contributed by atoms with Crippen LogP contribution in [0.2, 0.25) is 0 Å². The zero-order valence-electron chi connectivity index (χ0n) is 12.9. The minimum Gasteiger partial charge on any atom is -0.479 e. The average molecular weight is 348 g/mol. The highest BCUT2D eigenvalue weighted by atomic mass is 19.4. The minimum atomic E-state index is -4.65. The number of carbonyl (C=O) groups is 2. The van der Waals surface area contributed by atoms with E-state index in [1.807, 2.05) is 5.32 Å². The molecule has 0 aliphatic rings. The van der Waals surface area contributed by atoms with Crippen molar-refractivity contribution in [1.82, 2.24) is 10.6 Å². The van der Waals surface area contributed by atoms with Crippen molar-refractivity contribution in [1.29, 1.82) is 0 Å². The maximum Gasteiger partial charge on any atom is 0.408 e. The van der Waals surface area contributed by atoms with Gasteiger partial charge in [0.15, 0.2) is 5.60 Å². The fourth-order valence-electron chi connectivity index (χ4n) is 1.81. The molecule has 1 rings (SSSR count). The molecule has 0 spiro atoms. The summed E-state index contributed by atoms with van der Waals surface area (Å²) in [7, 11) is 0. The fraction of sp³-hybridized carbons (Fsp3) is 0.467. The van der Waals surface area contributed by atoms with Crippen LogP contribution in [0.3, 0.4) is 0 Å². The molecule has 6 nitrogen and oxygen atoms in total. The second-order valence-corrected chi connectivity index (χ2v) is 5.52. The van der Waals surface area contributed by atoms with Crippen molar-refractivity contribution >= 4 is 12.0 Å². The highest BCUT2D eigenvalue weighted by molar-refractivity contribution is 5.79. The second kappa shape index (κ2) is 8.00. The molecule has 134 valence electrons. The van der Waals surface area contributed by atoms with E-state index in [9.17, 15) is 27.9 Å². The van der Waals surface area contributed by atoms with Gasteiger partial charge < -0.3 is 20.8 Å². The number of hydrogen-bond acceptors (Lipinski definition) is 3. The summed E-state index contributed by atoms with van der Waals surface area (Å²) >= 11 is 0.